The second kappa shape index (κ2) is 7.97. The molecule has 0 aliphatic carbocycles. The van der Waals surface area contributed by atoms with Crippen LogP contribution in [0.3, 0.4) is 0 Å². The SMILES string of the molecule is CC(=O)N(CCC(=O)Nc1c(C)cc(C)cc1C)c1cccc(C)c1. The van der Waals surface area contributed by atoms with Gasteiger partial charge in [-0.25, -0.2) is 0 Å². The third kappa shape index (κ3) is 4.92. The Morgan fingerprint density at radius 1 is 0.960 bits per heavy atom. The van der Waals surface area contributed by atoms with Gasteiger partial charge >= 0.3 is 0 Å². The van der Waals surface area contributed by atoms with E-state index in [0.717, 1.165) is 28.1 Å². The first kappa shape index (κ1) is 18.7. The van der Waals surface area contributed by atoms with E-state index in [0.29, 0.717) is 6.54 Å². The van der Waals surface area contributed by atoms with Crippen molar-refractivity contribution in [1.82, 2.24) is 0 Å². The van der Waals surface area contributed by atoms with Crippen molar-refractivity contribution in [2.75, 3.05) is 16.8 Å². The number of anilines is 2. The van der Waals surface area contributed by atoms with Crippen LogP contribution < -0.4 is 10.2 Å². The van der Waals surface area contributed by atoms with Crippen molar-refractivity contribution >= 4 is 23.2 Å². The lowest BCUT2D eigenvalue weighted by Gasteiger charge is -2.21. The van der Waals surface area contributed by atoms with Crippen molar-refractivity contribution in [3.8, 4) is 0 Å². The molecule has 0 saturated heterocycles. The lowest BCUT2D eigenvalue weighted by molar-refractivity contribution is -0.117. The van der Waals surface area contributed by atoms with Crippen LogP contribution in [0.1, 0.15) is 35.6 Å². The van der Waals surface area contributed by atoms with Crippen molar-refractivity contribution in [1.29, 1.82) is 0 Å². The fraction of sp³-hybridized carbons (Fsp3) is 0.333. The van der Waals surface area contributed by atoms with Crippen LogP contribution in [0.15, 0.2) is 36.4 Å². The van der Waals surface area contributed by atoms with Gasteiger partial charge < -0.3 is 10.2 Å². The number of rotatable bonds is 5. The summed E-state index contributed by atoms with van der Waals surface area (Å²) >= 11 is 0. The van der Waals surface area contributed by atoms with Gasteiger partial charge in [-0.15, -0.1) is 0 Å². The van der Waals surface area contributed by atoms with Gasteiger partial charge in [-0.05, 0) is 56.5 Å². The number of nitrogens with one attached hydrogen (secondary N) is 1. The van der Waals surface area contributed by atoms with E-state index in [1.165, 1.54) is 12.5 Å². The summed E-state index contributed by atoms with van der Waals surface area (Å²) < 4.78 is 0. The molecule has 0 atom stereocenters. The molecule has 0 aliphatic rings. The maximum Gasteiger partial charge on any atom is 0.226 e. The standard InChI is InChI=1S/C21H26N2O2/c1-14-7-6-8-19(13-14)23(18(5)24)10-9-20(25)22-21-16(3)11-15(2)12-17(21)4/h6-8,11-13H,9-10H2,1-5H3,(H,22,25). The van der Waals surface area contributed by atoms with Gasteiger partial charge in [0.2, 0.25) is 11.8 Å². The summed E-state index contributed by atoms with van der Waals surface area (Å²) in [4.78, 5) is 26.0. The average Bonchev–Trinajstić information content (AvgIpc) is 2.51. The second-order valence-corrected chi connectivity index (χ2v) is 6.58. The first-order chi connectivity index (χ1) is 11.8. The molecule has 0 bridgehead atoms. The van der Waals surface area contributed by atoms with Crippen molar-refractivity contribution in [3.05, 3.63) is 58.7 Å². The normalized spacial score (nSPS) is 10.4. The zero-order valence-corrected chi connectivity index (χ0v) is 15.6. The van der Waals surface area contributed by atoms with Crippen molar-refractivity contribution < 1.29 is 9.59 Å². The van der Waals surface area contributed by atoms with E-state index >= 15 is 0 Å². The molecular weight excluding hydrogens is 312 g/mol. The first-order valence-corrected chi connectivity index (χ1v) is 8.50. The molecule has 0 unspecified atom stereocenters. The lowest BCUT2D eigenvalue weighted by atomic mass is 10.0. The zero-order valence-electron chi connectivity index (χ0n) is 15.6. The molecule has 4 heteroatoms. The number of carbonyl (C=O) groups excluding carboxylic acids is 2. The number of carbonyl (C=O) groups is 2. The van der Waals surface area contributed by atoms with Gasteiger partial charge in [-0.1, -0.05) is 29.8 Å². The number of hydrogen-bond donors (Lipinski definition) is 1. The molecule has 0 fully saturated rings. The maximum atomic E-state index is 12.4. The van der Waals surface area contributed by atoms with Gasteiger partial charge in [0, 0.05) is 31.3 Å². The maximum absolute atomic E-state index is 12.4. The molecule has 2 aromatic rings. The molecule has 0 radical (unpaired) electrons. The topological polar surface area (TPSA) is 49.4 Å². The van der Waals surface area contributed by atoms with Crippen LogP contribution in [0.4, 0.5) is 11.4 Å². The Bertz CT molecular complexity index is 773. The molecule has 2 rings (SSSR count). The number of aryl methyl sites for hydroxylation is 4. The average molecular weight is 338 g/mol. The quantitative estimate of drug-likeness (QED) is 0.883. The molecule has 0 saturated carbocycles. The minimum atomic E-state index is -0.0889. The Hall–Kier alpha value is -2.62. The molecule has 2 amide bonds. The summed E-state index contributed by atoms with van der Waals surface area (Å²) in [5.41, 5.74) is 6.04. The summed E-state index contributed by atoms with van der Waals surface area (Å²) in [6, 6.07) is 11.8. The smallest absolute Gasteiger partial charge is 0.226 e. The van der Waals surface area contributed by atoms with Crippen LogP contribution in [0.5, 0.6) is 0 Å². The molecule has 132 valence electrons. The van der Waals surface area contributed by atoms with Crippen LogP contribution >= 0.6 is 0 Å². The number of nitrogens with zero attached hydrogens (tertiary/aromatic N) is 1. The predicted octanol–water partition coefficient (Wildman–Crippen LogP) is 4.30. The number of benzene rings is 2. The summed E-state index contributed by atoms with van der Waals surface area (Å²) in [5.74, 6) is -0.157. The number of amides is 2. The highest BCUT2D eigenvalue weighted by Gasteiger charge is 2.14. The van der Waals surface area contributed by atoms with Gasteiger partial charge in [0.25, 0.3) is 0 Å². The van der Waals surface area contributed by atoms with Crippen LogP contribution in [0, 0.1) is 27.7 Å². The summed E-state index contributed by atoms with van der Waals surface area (Å²) in [6.07, 6.45) is 0.250. The van der Waals surface area contributed by atoms with E-state index in [9.17, 15) is 9.59 Å². The molecule has 0 spiro atoms. The molecule has 4 nitrogen and oxygen atoms in total. The van der Waals surface area contributed by atoms with E-state index in [2.05, 4.69) is 17.4 Å². The Balaban J connectivity index is 2.06. The predicted molar refractivity (Wildman–Crippen MR) is 103 cm³/mol. The van der Waals surface area contributed by atoms with Gasteiger partial charge in [-0.3, -0.25) is 9.59 Å². The van der Waals surface area contributed by atoms with Gasteiger partial charge in [0.1, 0.15) is 0 Å². The second-order valence-electron chi connectivity index (χ2n) is 6.58. The molecule has 0 heterocycles. The lowest BCUT2D eigenvalue weighted by Crippen LogP contribution is -2.32. The molecule has 0 aromatic heterocycles. The van der Waals surface area contributed by atoms with Crippen molar-refractivity contribution in [2.45, 2.75) is 41.0 Å². The summed E-state index contributed by atoms with van der Waals surface area (Å²) in [5, 5.41) is 2.99. The van der Waals surface area contributed by atoms with Crippen LogP contribution in [0.2, 0.25) is 0 Å². The van der Waals surface area contributed by atoms with E-state index < -0.39 is 0 Å². The minimum absolute atomic E-state index is 0.0684. The first-order valence-electron chi connectivity index (χ1n) is 8.50. The summed E-state index contributed by atoms with van der Waals surface area (Å²) in [6.45, 7) is 9.88. The van der Waals surface area contributed by atoms with Gasteiger partial charge in [-0.2, -0.15) is 0 Å². The highest BCUT2D eigenvalue weighted by molar-refractivity contribution is 5.95. The Morgan fingerprint density at radius 3 is 2.16 bits per heavy atom. The molecule has 2 aromatic carbocycles. The minimum Gasteiger partial charge on any atom is -0.326 e. The highest BCUT2D eigenvalue weighted by atomic mass is 16.2. The van der Waals surface area contributed by atoms with E-state index in [-0.39, 0.29) is 18.2 Å². The fourth-order valence-corrected chi connectivity index (χ4v) is 3.06. The van der Waals surface area contributed by atoms with Gasteiger partial charge in [0.15, 0.2) is 0 Å². The van der Waals surface area contributed by atoms with E-state index in [1.54, 1.807) is 4.90 Å². The Kier molecular flexibility index (Phi) is 5.97. The third-order valence-electron chi connectivity index (χ3n) is 4.20. The summed E-state index contributed by atoms with van der Waals surface area (Å²) in [7, 11) is 0. The van der Waals surface area contributed by atoms with E-state index in [1.807, 2.05) is 52.0 Å². The fourth-order valence-electron chi connectivity index (χ4n) is 3.06. The van der Waals surface area contributed by atoms with Crippen LogP contribution in [-0.2, 0) is 9.59 Å². The largest absolute Gasteiger partial charge is 0.326 e. The molecule has 1 N–H and O–H groups in total. The molecule has 0 aliphatic heterocycles. The molecular formula is C21H26N2O2. The monoisotopic (exact) mass is 338 g/mol. The zero-order chi connectivity index (χ0) is 18.6. The van der Waals surface area contributed by atoms with Crippen molar-refractivity contribution in [2.24, 2.45) is 0 Å². The number of hydrogen-bond acceptors (Lipinski definition) is 2. The highest BCUT2D eigenvalue weighted by Crippen LogP contribution is 2.22. The van der Waals surface area contributed by atoms with Gasteiger partial charge in [0.05, 0.1) is 0 Å². The van der Waals surface area contributed by atoms with Crippen molar-refractivity contribution in [3.63, 3.8) is 0 Å². The Labute approximate surface area is 149 Å². The molecule has 25 heavy (non-hydrogen) atoms. The Morgan fingerprint density at radius 2 is 1.60 bits per heavy atom. The van der Waals surface area contributed by atoms with E-state index in [4.69, 9.17) is 0 Å². The van der Waals surface area contributed by atoms with Crippen LogP contribution in [0.25, 0.3) is 0 Å². The third-order valence-corrected chi connectivity index (χ3v) is 4.20. The van der Waals surface area contributed by atoms with Crippen LogP contribution in [-0.4, -0.2) is 18.4 Å².